The molecule has 3 atom stereocenters. The van der Waals surface area contributed by atoms with E-state index in [2.05, 4.69) is 18.4 Å². The van der Waals surface area contributed by atoms with E-state index in [4.69, 9.17) is 19.1 Å². The number of aliphatic hydroxyl groups is 2. The number of carbonyl (C=O) groups excluding carboxylic acids is 2. The molecule has 0 rings (SSSR count). The molecule has 0 fully saturated rings. The SMILES string of the molecule is CCCCCCCCCCCCCCCCCCCC(=O)OC(COC(=O)CCCCCCCCCCCC)COP(=O)(O)OCC(O)CO. The van der Waals surface area contributed by atoms with Gasteiger partial charge in [-0.2, -0.15) is 0 Å². The summed E-state index contributed by atoms with van der Waals surface area (Å²) in [6.07, 6.45) is 30.7. The van der Waals surface area contributed by atoms with E-state index in [0.717, 1.165) is 38.5 Å². The molecule has 0 spiro atoms. The summed E-state index contributed by atoms with van der Waals surface area (Å²) in [7, 11) is -4.60. The second-order valence-corrected chi connectivity index (χ2v) is 15.5. The number of phosphoric ester groups is 1. The molecule has 50 heavy (non-hydrogen) atoms. The number of rotatable bonds is 39. The van der Waals surface area contributed by atoms with Crippen LogP contribution in [0, 0.1) is 0 Å². The van der Waals surface area contributed by atoms with E-state index < -0.39 is 51.8 Å². The van der Waals surface area contributed by atoms with Crippen LogP contribution in [0.3, 0.4) is 0 Å². The van der Waals surface area contributed by atoms with Gasteiger partial charge in [-0.25, -0.2) is 4.57 Å². The van der Waals surface area contributed by atoms with E-state index in [1.807, 2.05) is 0 Å². The zero-order valence-electron chi connectivity index (χ0n) is 32.1. The summed E-state index contributed by atoms with van der Waals surface area (Å²) in [5.74, 6) is -0.914. The Hall–Kier alpha value is -1.03. The standard InChI is InChI=1S/C39H77O10P/c1-3-5-7-9-11-13-15-16-17-18-19-20-21-23-25-27-29-31-39(43)49-37(35-48-50(44,45)47-33-36(41)32-40)34-46-38(42)30-28-26-24-22-14-12-10-8-6-4-2/h36-37,40-41H,3-35H2,1-2H3,(H,44,45). The third-order valence-corrected chi connectivity index (χ3v) is 9.96. The molecule has 0 aromatic heterocycles. The fourth-order valence-electron chi connectivity index (χ4n) is 5.82. The summed E-state index contributed by atoms with van der Waals surface area (Å²) in [5.41, 5.74) is 0. The van der Waals surface area contributed by atoms with Crippen LogP contribution >= 0.6 is 7.82 Å². The molecule has 0 aliphatic carbocycles. The average molecular weight is 737 g/mol. The summed E-state index contributed by atoms with van der Waals surface area (Å²) in [4.78, 5) is 34.8. The van der Waals surface area contributed by atoms with Crippen LogP contribution in [-0.4, -0.2) is 65.7 Å². The van der Waals surface area contributed by atoms with Crippen LogP contribution in [0.4, 0.5) is 0 Å². The van der Waals surface area contributed by atoms with Crippen LogP contribution < -0.4 is 0 Å². The first kappa shape index (κ1) is 49.0. The minimum absolute atomic E-state index is 0.192. The maximum atomic E-state index is 12.6. The van der Waals surface area contributed by atoms with Crippen LogP contribution in [0.25, 0.3) is 0 Å². The number of carbonyl (C=O) groups is 2. The first-order chi connectivity index (χ1) is 24.2. The van der Waals surface area contributed by atoms with E-state index in [-0.39, 0.29) is 19.4 Å². The van der Waals surface area contributed by atoms with Crippen molar-refractivity contribution in [2.75, 3.05) is 26.4 Å². The van der Waals surface area contributed by atoms with Crippen LogP contribution in [0.2, 0.25) is 0 Å². The molecule has 0 aliphatic rings. The number of aliphatic hydroxyl groups excluding tert-OH is 2. The van der Waals surface area contributed by atoms with Gasteiger partial charge in [-0.05, 0) is 12.8 Å². The normalized spacial score (nSPS) is 13.9. The number of phosphoric acid groups is 1. The minimum atomic E-state index is -4.60. The molecule has 0 aromatic rings. The minimum Gasteiger partial charge on any atom is -0.462 e. The number of hydrogen-bond acceptors (Lipinski definition) is 9. The van der Waals surface area contributed by atoms with E-state index in [1.54, 1.807) is 0 Å². The molecule has 0 aromatic carbocycles. The fraction of sp³-hybridized carbons (Fsp3) is 0.949. The lowest BCUT2D eigenvalue weighted by atomic mass is 10.0. The lowest BCUT2D eigenvalue weighted by Crippen LogP contribution is -2.29. The Kier molecular flexibility index (Phi) is 35.6. The molecule has 3 unspecified atom stereocenters. The molecule has 0 amide bonds. The second-order valence-electron chi connectivity index (χ2n) is 14.0. The lowest BCUT2D eigenvalue weighted by Gasteiger charge is -2.20. The zero-order chi connectivity index (χ0) is 37.0. The second kappa shape index (κ2) is 36.3. The van der Waals surface area contributed by atoms with Gasteiger partial charge in [0, 0.05) is 12.8 Å². The Morgan fingerprint density at radius 2 is 0.860 bits per heavy atom. The highest BCUT2D eigenvalue weighted by Crippen LogP contribution is 2.43. The molecule has 0 bridgehead atoms. The molecule has 0 aliphatic heterocycles. The van der Waals surface area contributed by atoms with Crippen LogP contribution in [0.1, 0.15) is 200 Å². The predicted octanol–water partition coefficient (Wildman–Crippen LogP) is 10.3. The van der Waals surface area contributed by atoms with Crippen molar-refractivity contribution in [3.8, 4) is 0 Å². The highest BCUT2D eigenvalue weighted by atomic mass is 31.2. The van der Waals surface area contributed by atoms with Gasteiger partial charge in [0.05, 0.1) is 19.8 Å². The topological polar surface area (TPSA) is 149 Å². The number of unbranched alkanes of at least 4 members (excludes halogenated alkanes) is 25. The van der Waals surface area contributed by atoms with E-state index >= 15 is 0 Å². The molecule has 298 valence electrons. The maximum Gasteiger partial charge on any atom is 0.472 e. The molecule has 0 saturated heterocycles. The van der Waals surface area contributed by atoms with Gasteiger partial charge in [-0.3, -0.25) is 18.6 Å². The third-order valence-electron chi connectivity index (χ3n) is 9.01. The van der Waals surface area contributed by atoms with Crippen LogP contribution in [0.5, 0.6) is 0 Å². The van der Waals surface area contributed by atoms with E-state index in [9.17, 15) is 24.2 Å². The van der Waals surface area contributed by atoms with E-state index in [1.165, 1.54) is 122 Å². The predicted molar refractivity (Wildman–Crippen MR) is 201 cm³/mol. The average Bonchev–Trinajstić information content (AvgIpc) is 3.10. The fourth-order valence-corrected chi connectivity index (χ4v) is 6.61. The van der Waals surface area contributed by atoms with Crippen molar-refractivity contribution in [3.05, 3.63) is 0 Å². The van der Waals surface area contributed by atoms with E-state index in [0.29, 0.717) is 12.8 Å². The molecule has 10 nitrogen and oxygen atoms in total. The van der Waals surface area contributed by atoms with Crippen molar-refractivity contribution in [1.82, 2.24) is 0 Å². The molecule has 0 saturated carbocycles. The maximum absolute atomic E-state index is 12.6. The molecule has 0 heterocycles. The Bertz CT molecular complexity index is 812. The lowest BCUT2D eigenvalue weighted by molar-refractivity contribution is -0.161. The van der Waals surface area contributed by atoms with Gasteiger partial charge >= 0.3 is 19.8 Å². The summed E-state index contributed by atoms with van der Waals surface area (Å²) in [6.45, 7) is 2.39. The highest BCUT2D eigenvalue weighted by Gasteiger charge is 2.27. The Labute approximate surface area is 305 Å². The summed E-state index contributed by atoms with van der Waals surface area (Å²) >= 11 is 0. The quantitative estimate of drug-likeness (QED) is 0.0316. The number of hydrogen-bond donors (Lipinski definition) is 3. The molecule has 0 radical (unpaired) electrons. The summed E-state index contributed by atoms with van der Waals surface area (Å²) in [5, 5.41) is 18.3. The monoisotopic (exact) mass is 737 g/mol. The Morgan fingerprint density at radius 1 is 0.520 bits per heavy atom. The van der Waals surface area contributed by atoms with Gasteiger partial charge in [0.15, 0.2) is 6.10 Å². The van der Waals surface area contributed by atoms with Gasteiger partial charge in [-0.15, -0.1) is 0 Å². The molecule has 3 N–H and O–H groups in total. The summed E-state index contributed by atoms with van der Waals surface area (Å²) in [6, 6.07) is 0. The number of esters is 2. The van der Waals surface area contributed by atoms with Gasteiger partial charge in [-0.1, -0.05) is 174 Å². The highest BCUT2D eigenvalue weighted by molar-refractivity contribution is 7.47. The van der Waals surface area contributed by atoms with Crippen molar-refractivity contribution in [2.24, 2.45) is 0 Å². The van der Waals surface area contributed by atoms with Crippen molar-refractivity contribution >= 4 is 19.8 Å². The number of ether oxygens (including phenoxy) is 2. The third kappa shape index (κ3) is 35.4. The smallest absolute Gasteiger partial charge is 0.462 e. The van der Waals surface area contributed by atoms with Gasteiger partial charge < -0.3 is 24.6 Å². The van der Waals surface area contributed by atoms with Gasteiger partial charge in [0.1, 0.15) is 12.7 Å². The molecular formula is C39H77O10P. The first-order valence-electron chi connectivity index (χ1n) is 20.5. The van der Waals surface area contributed by atoms with Crippen molar-refractivity contribution in [3.63, 3.8) is 0 Å². The largest absolute Gasteiger partial charge is 0.472 e. The molecule has 11 heteroatoms. The van der Waals surface area contributed by atoms with Crippen LogP contribution in [0.15, 0.2) is 0 Å². The van der Waals surface area contributed by atoms with Crippen LogP contribution in [-0.2, 0) is 32.7 Å². The van der Waals surface area contributed by atoms with Gasteiger partial charge in [0.25, 0.3) is 0 Å². The van der Waals surface area contributed by atoms with Crippen molar-refractivity contribution in [1.29, 1.82) is 0 Å². The van der Waals surface area contributed by atoms with Crippen molar-refractivity contribution < 1.29 is 47.8 Å². The molecular weight excluding hydrogens is 659 g/mol. The van der Waals surface area contributed by atoms with Crippen molar-refractivity contribution in [2.45, 2.75) is 212 Å². The zero-order valence-corrected chi connectivity index (χ0v) is 33.0. The van der Waals surface area contributed by atoms with Gasteiger partial charge in [0.2, 0.25) is 0 Å². The Morgan fingerprint density at radius 3 is 1.24 bits per heavy atom. The Balaban J connectivity index is 4.25. The summed E-state index contributed by atoms with van der Waals surface area (Å²) < 4.78 is 32.6. The first-order valence-corrected chi connectivity index (χ1v) is 22.0.